The van der Waals surface area contributed by atoms with E-state index >= 15 is 0 Å². The van der Waals surface area contributed by atoms with Gasteiger partial charge in [-0.1, -0.05) is 0 Å². The number of halogens is 1. The molecule has 0 aliphatic rings. The predicted octanol–water partition coefficient (Wildman–Crippen LogP) is 1.52. The Balaban J connectivity index is 2.35. The van der Waals surface area contributed by atoms with Crippen molar-refractivity contribution in [3.8, 4) is 0 Å². The monoisotopic (exact) mass is 221 g/mol. The van der Waals surface area contributed by atoms with Gasteiger partial charge in [-0.15, -0.1) is 0 Å². The van der Waals surface area contributed by atoms with E-state index < -0.39 is 11.9 Å². The van der Waals surface area contributed by atoms with Crippen LogP contribution in [-0.2, 0) is 6.54 Å². The van der Waals surface area contributed by atoms with E-state index in [2.05, 4.69) is 9.97 Å². The maximum absolute atomic E-state index is 13.0. The van der Waals surface area contributed by atoms with Crippen LogP contribution in [-0.4, -0.2) is 19.6 Å². The van der Waals surface area contributed by atoms with Crippen LogP contribution in [0.4, 0.5) is 4.39 Å². The molecule has 0 saturated carbocycles. The Morgan fingerprint density at radius 1 is 1.38 bits per heavy atom. The summed E-state index contributed by atoms with van der Waals surface area (Å²) in [6.07, 6.45) is 4.85. The Morgan fingerprint density at radius 3 is 2.88 bits per heavy atom. The molecule has 0 amide bonds. The van der Waals surface area contributed by atoms with E-state index in [1.807, 2.05) is 6.92 Å². The Hall–Kier alpha value is -1.75. The lowest BCUT2D eigenvalue weighted by atomic mass is 10.1. The molecule has 2 heterocycles. The fourth-order valence-electron chi connectivity index (χ4n) is 1.57. The van der Waals surface area contributed by atoms with Gasteiger partial charge in [-0.05, 0) is 13.0 Å². The van der Waals surface area contributed by atoms with Crippen LogP contribution >= 0.6 is 0 Å². The van der Waals surface area contributed by atoms with Gasteiger partial charge in [0.1, 0.15) is 11.9 Å². The lowest BCUT2D eigenvalue weighted by molar-refractivity contribution is 0.209. The van der Waals surface area contributed by atoms with Gasteiger partial charge in [0.25, 0.3) is 0 Å². The second kappa shape index (κ2) is 4.40. The lowest BCUT2D eigenvalue weighted by Crippen LogP contribution is -2.07. The average Bonchev–Trinajstić information content (AvgIpc) is 2.76. The largest absolute Gasteiger partial charge is 0.382 e. The van der Waals surface area contributed by atoms with Crippen LogP contribution in [0.1, 0.15) is 24.3 Å². The molecular formula is C11H12FN3O. The molecule has 0 aliphatic heterocycles. The average molecular weight is 221 g/mol. The van der Waals surface area contributed by atoms with Crippen LogP contribution in [0.15, 0.2) is 31.0 Å². The van der Waals surface area contributed by atoms with Crippen molar-refractivity contribution in [1.29, 1.82) is 0 Å². The highest BCUT2D eigenvalue weighted by molar-refractivity contribution is 5.22. The molecule has 84 valence electrons. The third kappa shape index (κ3) is 1.94. The molecule has 0 radical (unpaired) electrons. The molecule has 1 N–H and O–H groups in total. The molecule has 1 unspecified atom stereocenters. The molecule has 2 rings (SSSR count). The van der Waals surface area contributed by atoms with E-state index in [1.54, 1.807) is 17.1 Å². The van der Waals surface area contributed by atoms with Crippen LogP contribution in [0.2, 0.25) is 0 Å². The lowest BCUT2D eigenvalue weighted by Gasteiger charge is -2.12. The third-order valence-electron chi connectivity index (χ3n) is 2.41. The van der Waals surface area contributed by atoms with Crippen molar-refractivity contribution in [3.05, 3.63) is 48.1 Å². The summed E-state index contributed by atoms with van der Waals surface area (Å²) in [6, 6.07) is 1.27. The molecule has 0 spiro atoms. The number of hydrogen-bond acceptors (Lipinski definition) is 3. The molecule has 0 fully saturated rings. The highest BCUT2D eigenvalue weighted by atomic mass is 19.1. The summed E-state index contributed by atoms with van der Waals surface area (Å²) in [7, 11) is 0. The standard InChI is InChI=1S/C11H12FN3O/c1-2-15-7-14-6-10(15)11(16)8-3-9(12)5-13-4-8/h3-7,11,16H,2H2,1H3. The van der Waals surface area contributed by atoms with Gasteiger partial charge in [0.2, 0.25) is 0 Å². The molecule has 2 aromatic heterocycles. The highest BCUT2D eigenvalue weighted by Crippen LogP contribution is 2.21. The molecule has 0 bridgehead atoms. The first kappa shape index (κ1) is 10.8. The number of hydrogen-bond donors (Lipinski definition) is 1. The number of aryl methyl sites for hydroxylation is 1. The minimum atomic E-state index is -0.898. The van der Waals surface area contributed by atoms with E-state index in [0.29, 0.717) is 17.8 Å². The number of aromatic nitrogens is 3. The number of aliphatic hydroxyl groups excluding tert-OH is 1. The van der Waals surface area contributed by atoms with Crippen LogP contribution in [0, 0.1) is 5.82 Å². The first-order valence-corrected chi connectivity index (χ1v) is 5.01. The van der Waals surface area contributed by atoms with E-state index in [-0.39, 0.29) is 0 Å². The van der Waals surface area contributed by atoms with Gasteiger partial charge in [0.05, 0.1) is 24.4 Å². The topological polar surface area (TPSA) is 50.9 Å². The van der Waals surface area contributed by atoms with Gasteiger partial charge in [-0.25, -0.2) is 9.37 Å². The van der Waals surface area contributed by atoms with Crippen molar-refractivity contribution < 1.29 is 9.50 Å². The van der Waals surface area contributed by atoms with E-state index in [1.165, 1.54) is 12.3 Å². The van der Waals surface area contributed by atoms with Crippen molar-refractivity contribution >= 4 is 0 Å². The number of nitrogens with zero attached hydrogens (tertiary/aromatic N) is 3. The van der Waals surface area contributed by atoms with Crippen LogP contribution in [0.5, 0.6) is 0 Å². The zero-order chi connectivity index (χ0) is 11.5. The summed E-state index contributed by atoms with van der Waals surface area (Å²) in [5.74, 6) is -0.459. The fourth-order valence-corrected chi connectivity index (χ4v) is 1.57. The molecule has 4 nitrogen and oxygen atoms in total. The van der Waals surface area contributed by atoms with Crippen LogP contribution < -0.4 is 0 Å². The molecule has 0 saturated heterocycles. The summed E-state index contributed by atoms with van der Waals surface area (Å²) in [4.78, 5) is 7.66. The van der Waals surface area contributed by atoms with Gasteiger partial charge in [-0.3, -0.25) is 4.98 Å². The van der Waals surface area contributed by atoms with Crippen molar-refractivity contribution in [1.82, 2.24) is 14.5 Å². The predicted molar refractivity (Wildman–Crippen MR) is 56.2 cm³/mol. The number of aliphatic hydroxyl groups is 1. The summed E-state index contributed by atoms with van der Waals surface area (Å²) < 4.78 is 14.8. The fraction of sp³-hybridized carbons (Fsp3) is 0.273. The first-order valence-electron chi connectivity index (χ1n) is 5.01. The molecular weight excluding hydrogens is 209 g/mol. The SMILES string of the molecule is CCn1cncc1C(O)c1cncc(F)c1. The molecule has 0 aliphatic carbocycles. The number of imidazole rings is 1. The van der Waals surface area contributed by atoms with Crippen molar-refractivity contribution in [2.45, 2.75) is 19.6 Å². The van der Waals surface area contributed by atoms with Gasteiger partial charge in [0.15, 0.2) is 0 Å². The van der Waals surface area contributed by atoms with Crippen molar-refractivity contribution in [2.75, 3.05) is 0 Å². The van der Waals surface area contributed by atoms with Gasteiger partial charge in [-0.2, -0.15) is 0 Å². The summed E-state index contributed by atoms with van der Waals surface area (Å²) in [5, 5.41) is 10.0. The van der Waals surface area contributed by atoms with E-state index in [9.17, 15) is 9.50 Å². The maximum atomic E-state index is 13.0. The van der Waals surface area contributed by atoms with E-state index in [4.69, 9.17) is 0 Å². The number of rotatable bonds is 3. The minimum absolute atomic E-state index is 0.426. The Labute approximate surface area is 92.4 Å². The third-order valence-corrected chi connectivity index (χ3v) is 2.41. The van der Waals surface area contributed by atoms with Crippen LogP contribution in [0.25, 0.3) is 0 Å². The Bertz CT molecular complexity index is 484. The molecule has 1 atom stereocenters. The summed E-state index contributed by atoms with van der Waals surface area (Å²) in [5.41, 5.74) is 1.06. The highest BCUT2D eigenvalue weighted by Gasteiger charge is 2.15. The number of pyridine rings is 1. The molecule has 0 aromatic carbocycles. The second-order valence-corrected chi connectivity index (χ2v) is 3.44. The minimum Gasteiger partial charge on any atom is -0.382 e. The summed E-state index contributed by atoms with van der Waals surface area (Å²) >= 11 is 0. The smallest absolute Gasteiger partial charge is 0.141 e. The summed E-state index contributed by atoms with van der Waals surface area (Å²) in [6.45, 7) is 2.65. The first-order chi connectivity index (χ1) is 7.72. The van der Waals surface area contributed by atoms with Crippen molar-refractivity contribution in [2.24, 2.45) is 0 Å². The van der Waals surface area contributed by atoms with Gasteiger partial charge in [0, 0.05) is 18.3 Å². The quantitative estimate of drug-likeness (QED) is 0.854. The molecule has 16 heavy (non-hydrogen) atoms. The van der Waals surface area contributed by atoms with Gasteiger partial charge >= 0.3 is 0 Å². The molecule has 5 heteroatoms. The second-order valence-electron chi connectivity index (χ2n) is 3.44. The normalized spacial score (nSPS) is 12.7. The van der Waals surface area contributed by atoms with Crippen LogP contribution in [0.3, 0.4) is 0 Å². The Kier molecular flexibility index (Phi) is 2.96. The zero-order valence-corrected chi connectivity index (χ0v) is 8.84. The van der Waals surface area contributed by atoms with Crippen molar-refractivity contribution in [3.63, 3.8) is 0 Å². The zero-order valence-electron chi connectivity index (χ0n) is 8.84. The van der Waals surface area contributed by atoms with Gasteiger partial charge < -0.3 is 9.67 Å². The molecule has 2 aromatic rings. The Morgan fingerprint density at radius 2 is 2.19 bits per heavy atom. The van der Waals surface area contributed by atoms with E-state index in [0.717, 1.165) is 6.20 Å². The maximum Gasteiger partial charge on any atom is 0.141 e.